The van der Waals surface area contributed by atoms with Crippen LogP contribution in [0, 0.1) is 0 Å². The molecule has 0 saturated heterocycles. The Morgan fingerprint density at radius 3 is 2.73 bits per heavy atom. The summed E-state index contributed by atoms with van der Waals surface area (Å²) in [5.74, 6) is 0.712. The van der Waals surface area contributed by atoms with Crippen molar-refractivity contribution in [3.63, 3.8) is 0 Å². The molecule has 6 heteroatoms. The molecular formula is C16H23ClN2O3. The van der Waals surface area contributed by atoms with Crippen molar-refractivity contribution >= 4 is 17.6 Å². The van der Waals surface area contributed by atoms with Gasteiger partial charge in [0.2, 0.25) is 0 Å². The first-order valence-electron chi connectivity index (χ1n) is 7.59. The molecule has 1 aliphatic carbocycles. The third-order valence-electron chi connectivity index (χ3n) is 4.05. The molecular weight excluding hydrogens is 304 g/mol. The van der Waals surface area contributed by atoms with Crippen LogP contribution in [0.25, 0.3) is 0 Å². The molecule has 22 heavy (non-hydrogen) atoms. The van der Waals surface area contributed by atoms with Crippen molar-refractivity contribution in [2.75, 3.05) is 20.2 Å². The molecule has 1 fully saturated rings. The molecule has 0 atom stereocenters. The van der Waals surface area contributed by atoms with Crippen LogP contribution in [0.15, 0.2) is 18.2 Å². The molecule has 0 unspecified atom stereocenters. The summed E-state index contributed by atoms with van der Waals surface area (Å²) in [6.07, 6.45) is 4.20. The number of methoxy groups -OCH3 is 1. The Labute approximate surface area is 136 Å². The molecule has 1 aromatic carbocycles. The molecule has 0 aromatic heterocycles. The lowest BCUT2D eigenvalue weighted by molar-refractivity contribution is 0.0501. The lowest BCUT2D eigenvalue weighted by atomic mass is 10.0. The van der Waals surface area contributed by atoms with E-state index in [9.17, 15) is 9.90 Å². The molecule has 5 nitrogen and oxygen atoms in total. The highest BCUT2D eigenvalue weighted by atomic mass is 35.5. The summed E-state index contributed by atoms with van der Waals surface area (Å²) < 4.78 is 5.09. The van der Waals surface area contributed by atoms with Crippen LogP contribution in [0.4, 0.5) is 4.79 Å². The summed E-state index contributed by atoms with van der Waals surface area (Å²) in [5, 5.41) is 16.3. The molecule has 0 aliphatic heterocycles. The second-order valence-electron chi connectivity index (χ2n) is 5.75. The van der Waals surface area contributed by atoms with Crippen molar-refractivity contribution in [1.29, 1.82) is 0 Å². The van der Waals surface area contributed by atoms with Crippen LogP contribution in [0.3, 0.4) is 0 Å². The van der Waals surface area contributed by atoms with Crippen LogP contribution in [-0.4, -0.2) is 36.9 Å². The molecule has 0 radical (unpaired) electrons. The molecule has 0 spiro atoms. The Bertz CT molecular complexity index is 516. The van der Waals surface area contributed by atoms with Crippen molar-refractivity contribution < 1.29 is 14.6 Å². The highest BCUT2D eigenvalue weighted by Gasteiger charge is 2.31. The van der Waals surface area contributed by atoms with E-state index in [2.05, 4.69) is 10.6 Å². The van der Waals surface area contributed by atoms with Crippen LogP contribution < -0.4 is 15.4 Å². The van der Waals surface area contributed by atoms with Crippen LogP contribution in [0.2, 0.25) is 5.02 Å². The van der Waals surface area contributed by atoms with Gasteiger partial charge in [0.15, 0.2) is 0 Å². The fourth-order valence-corrected chi connectivity index (χ4v) is 2.95. The molecule has 2 amide bonds. The number of ether oxygens (including phenoxy) is 1. The molecule has 0 heterocycles. The average Bonchev–Trinajstić information content (AvgIpc) is 2.94. The van der Waals surface area contributed by atoms with E-state index in [4.69, 9.17) is 16.3 Å². The largest absolute Gasteiger partial charge is 0.497 e. The monoisotopic (exact) mass is 326 g/mol. The van der Waals surface area contributed by atoms with Gasteiger partial charge < -0.3 is 20.5 Å². The molecule has 1 aliphatic rings. The summed E-state index contributed by atoms with van der Waals surface area (Å²) in [7, 11) is 1.59. The van der Waals surface area contributed by atoms with Crippen LogP contribution in [0.5, 0.6) is 5.75 Å². The van der Waals surface area contributed by atoms with Gasteiger partial charge in [0, 0.05) is 18.1 Å². The highest BCUT2D eigenvalue weighted by molar-refractivity contribution is 6.31. The quantitative estimate of drug-likeness (QED) is 0.752. The first-order valence-corrected chi connectivity index (χ1v) is 7.97. The van der Waals surface area contributed by atoms with Gasteiger partial charge in [0.05, 0.1) is 12.7 Å². The van der Waals surface area contributed by atoms with Crippen molar-refractivity contribution in [2.45, 2.75) is 37.7 Å². The van der Waals surface area contributed by atoms with E-state index in [0.29, 0.717) is 30.3 Å². The number of nitrogens with one attached hydrogen (secondary N) is 2. The SMILES string of the molecule is COc1ccc(CCNC(=O)NCC2(O)CCCC2)c(Cl)c1. The van der Waals surface area contributed by atoms with Gasteiger partial charge in [0.1, 0.15) is 5.75 Å². The van der Waals surface area contributed by atoms with Crippen molar-refractivity contribution in [3.8, 4) is 5.75 Å². The van der Waals surface area contributed by atoms with Gasteiger partial charge in [-0.15, -0.1) is 0 Å². The number of urea groups is 1. The van der Waals surface area contributed by atoms with Gasteiger partial charge in [-0.25, -0.2) is 4.79 Å². The summed E-state index contributed by atoms with van der Waals surface area (Å²) in [6.45, 7) is 0.790. The molecule has 2 rings (SSSR count). The van der Waals surface area contributed by atoms with E-state index in [1.54, 1.807) is 13.2 Å². The average molecular weight is 327 g/mol. The molecule has 0 bridgehead atoms. The molecule has 122 valence electrons. The van der Waals surface area contributed by atoms with E-state index < -0.39 is 5.60 Å². The summed E-state index contributed by atoms with van der Waals surface area (Å²) in [6, 6.07) is 5.23. The Kier molecular flexibility index (Phi) is 5.91. The Morgan fingerprint density at radius 1 is 1.36 bits per heavy atom. The minimum absolute atomic E-state index is 0.259. The van der Waals surface area contributed by atoms with Gasteiger partial charge in [-0.05, 0) is 37.0 Å². The zero-order chi connectivity index (χ0) is 16.0. The second kappa shape index (κ2) is 7.70. The zero-order valence-corrected chi connectivity index (χ0v) is 13.6. The Morgan fingerprint density at radius 2 is 2.09 bits per heavy atom. The number of benzene rings is 1. The molecule has 1 saturated carbocycles. The fraction of sp³-hybridized carbons (Fsp3) is 0.562. The highest BCUT2D eigenvalue weighted by Crippen LogP contribution is 2.28. The first kappa shape index (κ1) is 16.9. The Hall–Kier alpha value is -1.46. The third-order valence-corrected chi connectivity index (χ3v) is 4.40. The van der Waals surface area contributed by atoms with Gasteiger partial charge >= 0.3 is 6.03 Å². The number of hydrogen-bond donors (Lipinski definition) is 3. The predicted molar refractivity (Wildman–Crippen MR) is 86.5 cm³/mol. The van der Waals surface area contributed by atoms with Gasteiger partial charge in [-0.3, -0.25) is 0 Å². The van der Waals surface area contributed by atoms with Crippen LogP contribution in [-0.2, 0) is 6.42 Å². The zero-order valence-electron chi connectivity index (χ0n) is 12.8. The fourth-order valence-electron chi connectivity index (χ4n) is 2.69. The standard InChI is InChI=1S/C16H23ClN2O3/c1-22-13-5-4-12(14(17)10-13)6-9-18-15(20)19-11-16(21)7-2-3-8-16/h4-5,10,21H,2-3,6-9,11H2,1H3,(H2,18,19,20). The number of carbonyl (C=O) groups excluding carboxylic acids is 1. The van der Waals surface area contributed by atoms with Crippen molar-refractivity contribution in [2.24, 2.45) is 0 Å². The van der Waals surface area contributed by atoms with E-state index in [1.165, 1.54) is 0 Å². The smallest absolute Gasteiger partial charge is 0.314 e. The lowest BCUT2D eigenvalue weighted by Crippen LogP contribution is -2.45. The molecule has 1 aromatic rings. The van der Waals surface area contributed by atoms with Crippen molar-refractivity contribution in [1.82, 2.24) is 10.6 Å². The lowest BCUT2D eigenvalue weighted by Gasteiger charge is -2.22. The predicted octanol–water partition coefficient (Wildman–Crippen LogP) is 2.50. The second-order valence-corrected chi connectivity index (χ2v) is 6.16. The number of amides is 2. The summed E-state index contributed by atoms with van der Waals surface area (Å²) in [5.41, 5.74) is 0.230. The van der Waals surface area contributed by atoms with Gasteiger partial charge in [-0.1, -0.05) is 30.5 Å². The number of aliphatic hydroxyl groups is 1. The van der Waals surface area contributed by atoms with E-state index >= 15 is 0 Å². The first-order chi connectivity index (χ1) is 10.5. The van der Waals surface area contributed by atoms with Gasteiger partial charge in [-0.2, -0.15) is 0 Å². The number of carbonyl (C=O) groups is 1. The third kappa shape index (κ3) is 4.78. The summed E-state index contributed by atoms with van der Waals surface area (Å²) >= 11 is 6.15. The van der Waals surface area contributed by atoms with Gasteiger partial charge in [0.25, 0.3) is 0 Å². The van der Waals surface area contributed by atoms with E-state index in [0.717, 1.165) is 31.2 Å². The van der Waals surface area contributed by atoms with E-state index in [-0.39, 0.29) is 6.03 Å². The Balaban J connectivity index is 1.70. The maximum atomic E-state index is 11.7. The maximum absolute atomic E-state index is 11.7. The topological polar surface area (TPSA) is 70.6 Å². The normalized spacial score (nSPS) is 16.3. The van der Waals surface area contributed by atoms with Crippen LogP contribution >= 0.6 is 11.6 Å². The number of hydrogen-bond acceptors (Lipinski definition) is 3. The minimum Gasteiger partial charge on any atom is -0.497 e. The molecule has 3 N–H and O–H groups in total. The van der Waals surface area contributed by atoms with Crippen molar-refractivity contribution in [3.05, 3.63) is 28.8 Å². The minimum atomic E-state index is -0.726. The number of rotatable bonds is 6. The maximum Gasteiger partial charge on any atom is 0.314 e. The number of halogens is 1. The summed E-state index contributed by atoms with van der Waals surface area (Å²) in [4.78, 5) is 11.7. The van der Waals surface area contributed by atoms with Crippen LogP contribution in [0.1, 0.15) is 31.2 Å². The van der Waals surface area contributed by atoms with E-state index in [1.807, 2.05) is 12.1 Å².